The molecule has 0 radical (unpaired) electrons. The van der Waals surface area contributed by atoms with Gasteiger partial charge in [0.25, 0.3) is 5.91 Å². The van der Waals surface area contributed by atoms with Crippen molar-refractivity contribution in [3.63, 3.8) is 0 Å². The van der Waals surface area contributed by atoms with Crippen molar-refractivity contribution in [2.45, 2.75) is 83.6 Å². The van der Waals surface area contributed by atoms with Crippen molar-refractivity contribution in [3.05, 3.63) is 83.8 Å². The third-order valence-corrected chi connectivity index (χ3v) is 8.90. The van der Waals surface area contributed by atoms with Crippen molar-refractivity contribution in [1.29, 1.82) is 0 Å². The molecule has 218 valence electrons. The number of likely N-dealkylation sites (tertiary alicyclic amines) is 1. The van der Waals surface area contributed by atoms with Gasteiger partial charge in [0, 0.05) is 36.9 Å². The van der Waals surface area contributed by atoms with Crippen LogP contribution in [0, 0.1) is 12.8 Å². The molecule has 1 N–H and O–H groups in total. The molecule has 1 aliphatic carbocycles. The SMILES string of the molecule is Cc1ccc(N(C(=O)c2ccco2)C2CCN(CCCc3ccccc3NC(=O)CCC3CCCCC3)CC2)cc1. The van der Waals surface area contributed by atoms with Crippen LogP contribution in [0.4, 0.5) is 11.4 Å². The van der Waals surface area contributed by atoms with Crippen LogP contribution in [-0.2, 0) is 11.2 Å². The Balaban J connectivity index is 1.10. The second-order valence-corrected chi connectivity index (χ2v) is 11.9. The molecular formula is C35H45N3O3. The number of nitrogens with zero attached hydrogens (tertiary/aromatic N) is 2. The van der Waals surface area contributed by atoms with Gasteiger partial charge in [-0.3, -0.25) is 9.59 Å². The molecule has 5 rings (SSSR count). The number of carbonyl (C=O) groups excluding carboxylic acids is 2. The number of aryl methyl sites for hydroxylation is 2. The smallest absolute Gasteiger partial charge is 0.294 e. The van der Waals surface area contributed by atoms with Gasteiger partial charge in [0.15, 0.2) is 5.76 Å². The maximum atomic E-state index is 13.4. The highest BCUT2D eigenvalue weighted by Crippen LogP contribution is 2.29. The summed E-state index contributed by atoms with van der Waals surface area (Å²) in [6.45, 7) is 4.98. The van der Waals surface area contributed by atoms with E-state index in [1.165, 1.54) is 43.2 Å². The monoisotopic (exact) mass is 555 g/mol. The van der Waals surface area contributed by atoms with Crippen molar-refractivity contribution in [2.24, 2.45) is 5.92 Å². The molecule has 2 heterocycles. The minimum atomic E-state index is -0.0744. The number of anilines is 2. The highest BCUT2D eigenvalue weighted by Gasteiger charge is 2.31. The van der Waals surface area contributed by atoms with Crippen molar-refractivity contribution in [2.75, 3.05) is 29.9 Å². The average Bonchev–Trinajstić information content (AvgIpc) is 3.55. The maximum Gasteiger partial charge on any atom is 0.294 e. The van der Waals surface area contributed by atoms with Crippen LogP contribution < -0.4 is 10.2 Å². The van der Waals surface area contributed by atoms with Crippen molar-refractivity contribution >= 4 is 23.2 Å². The van der Waals surface area contributed by atoms with Gasteiger partial charge in [0.2, 0.25) is 5.91 Å². The van der Waals surface area contributed by atoms with Crippen molar-refractivity contribution < 1.29 is 14.0 Å². The Morgan fingerprint density at radius 2 is 1.68 bits per heavy atom. The number of amides is 2. The molecule has 1 saturated heterocycles. The first-order valence-corrected chi connectivity index (χ1v) is 15.6. The van der Waals surface area contributed by atoms with E-state index in [-0.39, 0.29) is 17.9 Å². The van der Waals surface area contributed by atoms with Crippen LogP contribution in [0.3, 0.4) is 0 Å². The number of furan rings is 1. The van der Waals surface area contributed by atoms with Crippen LogP contribution in [0.1, 0.15) is 85.9 Å². The van der Waals surface area contributed by atoms with Gasteiger partial charge in [-0.1, -0.05) is 68.0 Å². The standard InChI is InChI=1S/C35H45N3O3/c1-27-15-18-30(19-16-27)38(35(40)33-14-8-26-41-33)31-21-24-37(25-22-31)23-7-12-29-11-5-6-13-32(29)36-34(39)20-17-28-9-3-2-4-10-28/h5-6,8,11,13-16,18-19,26,28,31H,2-4,7,9-10,12,17,20-25H2,1H3,(H,36,39). The summed E-state index contributed by atoms with van der Waals surface area (Å²) in [4.78, 5) is 30.6. The summed E-state index contributed by atoms with van der Waals surface area (Å²) in [6.07, 6.45) is 13.6. The Morgan fingerprint density at radius 1 is 0.927 bits per heavy atom. The summed E-state index contributed by atoms with van der Waals surface area (Å²) in [5.74, 6) is 1.18. The first-order chi connectivity index (χ1) is 20.1. The first-order valence-electron chi connectivity index (χ1n) is 15.6. The van der Waals surface area contributed by atoms with E-state index in [1.54, 1.807) is 18.4 Å². The molecule has 1 aromatic heterocycles. The number of carbonyl (C=O) groups is 2. The van der Waals surface area contributed by atoms with E-state index in [9.17, 15) is 9.59 Å². The molecule has 6 heteroatoms. The van der Waals surface area contributed by atoms with Crippen molar-refractivity contribution in [3.8, 4) is 0 Å². The van der Waals surface area contributed by atoms with Crippen LogP contribution in [0.25, 0.3) is 0 Å². The van der Waals surface area contributed by atoms with Crippen LogP contribution in [0.15, 0.2) is 71.3 Å². The van der Waals surface area contributed by atoms with Gasteiger partial charge in [0.05, 0.1) is 6.26 Å². The fraction of sp³-hybridized carbons (Fsp3) is 0.486. The van der Waals surface area contributed by atoms with Gasteiger partial charge >= 0.3 is 0 Å². The molecule has 0 atom stereocenters. The maximum absolute atomic E-state index is 13.4. The number of piperidine rings is 1. The molecule has 41 heavy (non-hydrogen) atoms. The Labute approximate surface area is 245 Å². The fourth-order valence-electron chi connectivity index (χ4n) is 6.50. The summed E-state index contributed by atoms with van der Waals surface area (Å²) in [6, 6.07) is 20.1. The molecule has 6 nitrogen and oxygen atoms in total. The van der Waals surface area contributed by atoms with E-state index in [0.717, 1.165) is 69.0 Å². The van der Waals surface area contributed by atoms with Gasteiger partial charge in [-0.05, 0) is 87.4 Å². The zero-order valence-electron chi connectivity index (χ0n) is 24.5. The largest absolute Gasteiger partial charge is 0.459 e. The lowest BCUT2D eigenvalue weighted by molar-refractivity contribution is -0.116. The Morgan fingerprint density at radius 3 is 2.41 bits per heavy atom. The van der Waals surface area contributed by atoms with Gasteiger partial charge in [-0.2, -0.15) is 0 Å². The molecule has 1 aliphatic heterocycles. The molecule has 0 unspecified atom stereocenters. The average molecular weight is 556 g/mol. The van der Waals surface area contributed by atoms with Crippen molar-refractivity contribution in [1.82, 2.24) is 4.90 Å². The number of rotatable bonds is 11. The third kappa shape index (κ3) is 8.10. The lowest BCUT2D eigenvalue weighted by Gasteiger charge is -2.38. The van der Waals surface area contributed by atoms with Crippen LogP contribution in [0.5, 0.6) is 0 Å². The van der Waals surface area contributed by atoms with Gasteiger partial charge in [-0.25, -0.2) is 0 Å². The first kappa shape index (κ1) is 29.1. The normalized spacial score (nSPS) is 16.9. The minimum Gasteiger partial charge on any atom is -0.459 e. The molecule has 0 bridgehead atoms. The van der Waals surface area contributed by atoms with E-state index in [0.29, 0.717) is 12.2 Å². The van der Waals surface area contributed by atoms with Crippen LogP contribution in [0.2, 0.25) is 0 Å². The number of hydrogen-bond acceptors (Lipinski definition) is 4. The molecule has 0 spiro atoms. The molecule has 2 aromatic carbocycles. The predicted octanol–water partition coefficient (Wildman–Crippen LogP) is 7.63. The molecular weight excluding hydrogens is 510 g/mol. The summed E-state index contributed by atoms with van der Waals surface area (Å²) >= 11 is 0. The van der Waals surface area contributed by atoms with E-state index in [1.807, 2.05) is 29.2 Å². The zero-order chi connectivity index (χ0) is 28.4. The summed E-state index contributed by atoms with van der Waals surface area (Å²) in [7, 11) is 0. The third-order valence-electron chi connectivity index (χ3n) is 8.90. The van der Waals surface area contributed by atoms with Gasteiger partial charge in [-0.15, -0.1) is 0 Å². The summed E-state index contributed by atoms with van der Waals surface area (Å²) in [5, 5.41) is 3.20. The topological polar surface area (TPSA) is 65.8 Å². The second-order valence-electron chi connectivity index (χ2n) is 11.9. The summed E-state index contributed by atoms with van der Waals surface area (Å²) < 4.78 is 5.48. The minimum absolute atomic E-state index is 0.0744. The Bertz CT molecular complexity index is 1240. The lowest BCUT2D eigenvalue weighted by Crippen LogP contribution is -2.47. The van der Waals surface area contributed by atoms with Gasteiger partial charge < -0.3 is 19.5 Å². The number of hydrogen-bond donors (Lipinski definition) is 1. The molecule has 3 aromatic rings. The molecule has 1 saturated carbocycles. The number of nitrogens with one attached hydrogen (secondary N) is 1. The van der Waals surface area contributed by atoms with E-state index in [2.05, 4.69) is 41.4 Å². The van der Waals surface area contributed by atoms with E-state index in [4.69, 9.17) is 4.42 Å². The van der Waals surface area contributed by atoms with E-state index < -0.39 is 0 Å². The van der Waals surface area contributed by atoms with Gasteiger partial charge in [0.1, 0.15) is 0 Å². The molecule has 2 amide bonds. The van der Waals surface area contributed by atoms with Crippen LogP contribution in [-0.4, -0.2) is 42.4 Å². The quantitative estimate of drug-likeness (QED) is 0.264. The lowest BCUT2D eigenvalue weighted by atomic mass is 9.86. The Hall–Kier alpha value is -3.38. The number of benzene rings is 2. The zero-order valence-corrected chi connectivity index (χ0v) is 24.5. The van der Waals surface area contributed by atoms with Crippen LogP contribution >= 0.6 is 0 Å². The molecule has 2 fully saturated rings. The summed E-state index contributed by atoms with van der Waals surface area (Å²) in [5.41, 5.74) is 4.27. The Kier molecular flexibility index (Phi) is 10.3. The predicted molar refractivity (Wildman–Crippen MR) is 165 cm³/mol. The fourth-order valence-corrected chi connectivity index (χ4v) is 6.50. The van der Waals surface area contributed by atoms with E-state index >= 15 is 0 Å². The second kappa shape index (κ2) is 14.5. The number of para-hydroxylation sites is 1. The highest BCUT2D eigenvalue weighted by atomic mass is 16.3. The molecule has 2 aliphatic rings. The highest BCUT2D eigenvalue weighted by molar-refractivity contribution is 6.04.